The van der Waals surface area contributed by atoms with Gasteiger partial charge in [0.25, 0.3) is 0 Å². The molecule has 1 fully saturated rings. The van der Waals surface area contributed by atoms with Gasteiger partial charge < -0.3 is 10.4 Å². The second-order valence-corrected chi connectivity index (χ2v) is 4.09. The number of halogens is 3. The fraction of sp³-hybridized carbons (Fsp3) is 1.00. The molecule has 0 aromatic rings. The molecule has 0 aromatic carbocycles. The fourth-order valence-corrected chi connectivity index (χ4v) is 1.52. The summed E-state index contributed by atoms with van der Waals surface area (Å²) in [6, 6.07) is -1.45. The molecular weight excluding hydrogens is 183 g/mol. The molecule has 2 atom stereocenters. The van der Waals surface area contributed by atoms with Gasteiger partial charge in [0.05, 0.1) is 5.60 Å². The van der Waals surface area contributed by atoms with Crippen molar-refractivity contribution >= 4 is 0 Å². The first-order valence-electron chi connectivity index (χ1n) is 4.23. The highest BCUT2D eigenvalue weighted by molar-refractivity contribution is 4.92. The van der Waals surface area contributed by atoms with Crippen LogP contribution in [0.15, 0.2) is 0 Å². The van der Waals surface area contributed by atoms with E-state index in [-0.39, 0.29) is 18.9 Å². The van der Waals surface area contributed by atoms with Gasteiger partial charge in [-0.25, -0.2) is 0 Å². The summed E-state index contributed by atoms with van der Waals surface area (Å²) in [5.41, 5.74) is -1.03. The average molecular weight is 197 g/mol. The smallest absolute Gasteiger partial charge is 0.390 e. The van der Waals surface area contributed by atoms with Crippen molar-refractivity contribution in [3.8, 4) is 0 Å². The fourth-order valence-electron chi connectivity index (χ4n) is 1.52. The third kappa shape index (κ3) is 2.57. The van der Waals surface area contributed by atoms with Gasteiger partial charge in [-0.1, -0.05) is 0 Å². The summed E-state index contributed by atoms with van der Waals surface area (Å²) in [7, 11) is 0. The van der Waals surface area contributed by atoms with E-state index in [2.05, 4.69) is 5.32 Å². The van der Waals surface area contributed by atoms with Crippen LogP contribution in [0.4, 0.5) is 13.2 Å². The first-order valence-corrected chi connectivity index (χ1v) is 4.23. The van der Waals surface area contributed by atoms with E-state index in [0.29, 0.717) is 0 Å². The van der Waals surface area contributed by atoms with Crippen molar-refractivity contribution in [2.45, 2.75) is 38.1 Å². The minimum absolute atomic E-state index is 0.0347. The van der Waals surface area contributed by atoms with Crippen molar-refractivity contribution in [2.24, 2.45) is 5.92 Å². The van der Waals surface area contributed by atoms with Crippen molar-refractivity contribution in [1.82, 2.24) is 5.32 Å². The molecule has 0 bridgehead atoms. The minimum atomic E-state index is -4.19. The van der Waals surface area contributed by atoms with E-state index in [1.54, 1.807) is 0 Å². The Balaban J connectivity index is 2.55. The zero-order valence-corrected chi connectivity index (χ0v) is 7.65. The topological polar surface area (TPSA) is 32.3 Å². The highest BCUT2D eigenvalue weighted by atomic mass is 19.4. The SMILES string of the molecule is CC(C)(O)[C@H]1CN[C@@H](C(F)(F)F)C1. The molecule has 0 spiro atoms. The highest BCUT2D eigenvalue weighted by Gasteiger charge is 2.47. The van der Waals surface area contributed by atoms with E-state index in [0.717, 1.165) is 0 Å². The van der Waals surface area contributed by atoms with Crippen molar-refractivity contribution in [2.75, 3.05) is 6.54 Å². The van der Waals surface area contributed by atoms with Crippen LogP contribution in [0.25, 0.3) is 0 Å². The van der Waals surface area contributed by atoms with Crippen LogP contribution in [0.5, 0.6) is 0 Å². The number of hydrogen-bond donors (Lipinski definition) is 2. The van der Waals surface area contributed by atoms with Gasteiger partial charge in [0.1, 0.15) is 6.04 Å². The Morgan fingerprint density at radius 1 is 1.31 bits per heavy atom. The first kappa shape index (κ1) is 10.8. The normalized spacial score (nSPS) is 30.9. The summed E-state index contributed by atoms with van der Waals surface area (Å²) in [5, 5.41) is 11.9. The van der Waals surface area contributed by atoms with Crippen molar-refractivity contribution in [1.29, 1.82) is 0 Å². The third-order valence-electron chi connectivity index (χ3n) is 2.53. The highest BCUT2D eigenvalue weighted by Crippen LogP contribution is 2.33. The van der Waals surface area contributed by atoms with Crippen LogP contribution in [0.1, 0.15) is 20.3 Å². The van der Waals surface area contributed by atoms with Crippen LogP contribution in [0.2, 0.25) is 0 Å². The lowest BCUT2D eigenvalue weighted by molar-refractivity contribution is -0.153. The van der Waals surface area contributed by atoms with Gasteiger partial charge in [-0.05, 0) is 20.3 Å². The van der Waals surface area contributed by atoms with E-state index in [4.69, 9.17) is 0 Å². The first-order chi connectivity index (χ1) is 5.71. The Morgan fingerprint density at radius 2 is 1.85 bits per heavy atom. The van der Waals surface area contributed by atoms with Crippen molar-refractivity contribution < 1.29 is 18.3 Å². The molecule has 1 rings (SSSR count). The molecule has 1 aliphatic rings. The van der Waals surface area contributed by atoms with Crippen LogP contribution >= 0.6 is 0 Å². The van der Waals surface area contributed by atoms with Gasteiger partial charge in [0, 0.05) is 12.5 Å². The van der Waals surface area contributed by atoms with E-state index in [1.165, 1.54) is 13.8 Å². The monoisotopic (exact) mass is 197 g/mol. The molecule has 0 saturated carbocycles. The van der Waals surface area contributed by atoms with Gasteiger partial charge >= 0.3 is 6.18 Å². The molecule has 0 unspecified atom stereocenters. The molecular formula is C8H14F3NO. The lowest BCUT2D eigenvalue weighted by Crippen LogP contribution is -2.36. The average Bonchev–Trinajstić information content (AvgIpc) is 2.28. The molecule has 0 amide bonds. The van der Waals surface area contributed by atoms with Gasteiger partial charge in [0.2, 0.25) is 0 Å². The maximum atomic E-state index is 12.2. The van der Waals surface area contributed by atoms with Crippen LogP contribution in [0, 0.1) is 5.92 Å². The zero-order valence-electron chi connectivity index (χ0n) is 7.65. The molecule has 0 aromatic heterocycles. The minimum Gasteiger partial charge on any atom is -0.390 e. The van der Waals surface area contributed by atoms with Crippen molar-refractivity contribution in [3.05, 3.63) is 0 Å². The third-order valence-corrected chi connectivity index (χ3v) is 2.53. The summed E-state index contributed by atoms with van der Waals surface area (Å²) in [5.74, 6) is -0.320. The Kier molecular flexibility index (Phi) is 2.60. The Hall–Kier alpha value is -0.290. The lowest BCUT2D eigenvalue weighted by Gasteiger charge is -2.24. The van der Waals surface area contributed by atoms with Crippen LogP contribution in [-0.2, 0) is 0 Å². The predicted molar refractivity (Wildman–Crippen MR) is 42.3 cm³/mol. The largest absolute Gasteiger partial charge is 0.403 e. The van der Waals surface area contributed by atoms with E-state index >= 15 is 0 Å². The molecule has 5 heteroatoms. The second kappa shape index (κ2) is 3.13. The van der Waals surface area contributed by atoms with Gasteiger partial charge in [-0.15, -0.1) is 0 Å². The number of nitrogens with one attached hydrogen (secondary N) is 1. The molecule has 0 aliphatic carbocycles. The molecule has 1 saturated heterocycles. The molecule has 2 nitrogen and oxygen atoms in total. The van der Waals surface area contributed by atoms with Crippen LogP contribution < -0.4 is 5.32 Å². The predicted octanol–water partition coefficient (Wildman–Crippen LogP) is 1.30. The van der Waals surface area contributed by atoms with Gasteiger partial charge in [-0.2, -0.15) is 13.2 Å². The van der Waals surface area contributed by atoms with Crippen LogP contribution in [-0.4, -0.2) is 29.5 Å². The maximum Gasteiger partial charge on any atom is 0.403 e. The van der Waals surface area contributed by atoms with Gasteiger partial charge in [-0.3, -0.25) is 0 Å². The Bertz CT molecular complexity index is 165. The standard InChI is InChI=1S/C8H14F3NO/c1-7(2,13)5-3-6(12-4-5)8(9,10)11/h5-6,12-13H,3-4H2,1-2H3/t5-,6-/m1/s1. The number of alkyl halides is 3. The number of aliphatic hydroxyl groups is 1. The quantitative estimate of drug-likeness (QED) is 0.664. The summed E-state index contributed by atoms with van der Waals surface area (Å²) in [4.78, 5) is 0. The number of hydrogen-bond acceptors (Lipinski definition) is 2. The Morgan fingerprint density at radius 3 is 2.08 bits per heavy atom. The van der Waals surface area contributed by atoms with Crippen LogP contribution in [0.3, 0.4) is 0 Å². The number of rotatable bonds is 1. The van der Waals surface area contributed by atoms with E-state index < -0.39 is 17.8 Å². The lowest BCUT2D eigenvalue weighted by atomic mass is 9.89. The molecule has 13 heavy (non-hydrogen) atoms. The second-order valence-electron chi connectivity index (χ2n) is 4.09. The summed E-state index contributed by atoms with van der Waals surface area (Å²) >= 11 is 0. The Labute approximate surface area is 75.1 Å². The van der Waals surface area contributed by atoms with E-state index in [1.807, 2.05) is 0 Å². The van der Waals surface area contributed by atoms with E-state index in [9.17, 15) is 18.3 Å². The molecule has 1 heterocycles. The molecule has 1 aliphatic heterocycles. The molecule has 0 radical (unpaired) electrons. The summed E-state index contributed by atoms with van der Waals surface area (Å²) in [6.45, 7) is 3.31. The molecule has 2 N–H and O–H groups in total. The molecule has 78 valence electrons. The zero-order chi connectivity index (χ0) is 10.3. The summed E-state index contributed by atoms with van der Waals surface area (Å²) in [6.07, 6.45) is -4.23. The van der Waals surface area contributed by atoms with Crippen molar-refractivity contribution in [3.63, 3.8) is 0 Å². The van der Waals surface area contributed by atoms with Gasteiger partial charge in [0.15, 0.2) is 0 Å². The maximum absolute atomic E-state index is 12.2. The summed E-state index contributed by atoms with van der Waals surface area (Å²) < 4.78 is 36.5.